The standard InChI is InChI=1S/C19H23N3O3/c1-24-18-12-20-13-19(22-18)25-16-9-7-15(8-10-16)21-17(23)11-14-5-3-2-4-6-14/h2-6,12-13,15-16H,7-11H2,1H3,(H,21,23). The Balaban J connectivity index is 1.43. The Kier molecular flexibility index (Phi) is 5.82. The first-order chi connectivity index (χ1) is 12.2. The Morgan fingerprint density at radius 1 is 1.12 bits per heavy atom. The first-order valence-electron chi connectivity index (χ1n) is 8.59. The van der Waals surface area contributed by atoms with Gasteiger partial charge in [-0.15, -0.1) is 0 Å². The zero-order chi connectivity index (χ0) is 17.5. The van der Waals surface area contributed by atoms with Gasteiger partial charge in [-0.25, -0.2) is 0 Å². The molecular weight excluding hydrogens is 318 g/mol. The fourth-order valence-corrected chi connectivity index (χ4v) is 3.04. The lowest BCUT2D eigenvalue weighted by Crippen LogP contribution is -2.40. The Morgan fingerprint density at radius 2 is 1.84 bits per heavy atom. The van der Waals surface area contributed by atoms with Gasteiger partial charge in [0.1, 0.15) is 6.10 Å². The van der Waals surface area contributed by atoms with Crippen LogP contribution in [-0.2, 0) is 11.2 Å². The van der Waals surface area contributed by atoms with Crippen LogP contribution in [0.2, 0.25) is 0 Å². The monoisotopic (exact) mass is 341 g/mol. The molecule has 1 aliphatic rings. The van der Waals surface area contributed by atoms with Crippen LogP contribution in [-0.4, -0.2) is 35.1 Å². The number of carbonyl (C=O) groups is 1. The van der Waals surface area contributed by atoms with Crippen LogP contribution in [0.4, 0.5) is 0 Å². The number of hydrogen-bond donors (Lipinski definition) is 1. The summed E-state index contributed by atoms with van der Waals surface area (Å²) >= 11 is 0. The normalized spacial score (nSPS) is 19.9. The van der Waals surface area contributed by atoms with Crippen molar-refractivity contribution in [2.75, 3.05) is 7.11 Å². The molecule has 1 saturated carbocycles. The number of benzene rings is 1. The van der Waals surface area contributed by atoms with Gasteiger partial charge >= 0.3 is 0 Å². The fourth-order valence-electron chi connectivity index (χ4n) is 3.04. The van der Waals surface area contributed by atoms with Crippen LogP contribution in [0.15, 0.2) is 42.7 Å². The summed E-state index contributed by atoms with van der Waals surface area (Å²) in [7, 11) is 1.55. The van der Waals surface area contributed by atoms with Crippen LogP contribution in [0, 0.1) is 0 Å². The predicted octanol–water partition coefficient (Wildman–Crippen LogP) is 2.53. The summed E-state index contributed by atoms with van der Waals surface area (Å²) < 4.78 is 10.9. The highest BCUT2D eigenvalue weighted by Gasteiger charge is 2.24. The molecule has 6 heteroatoms. The average Bonchev–Trinajstić information content (AvgIpc) is 2.64. The van der Waals surface area contributed by atoms with Gasteiger partial charge in [-0.3, -0.25) is 9.78 Å². The van der Waals surface area contributed by atoms with E-state index in [1.54, 1.807) is 19.5 Å². The summed E-state index contributed by atoms with van der Waals surface area (Å²) in [4.78, 5) is 20.4. The number of nitrogens with zero attached hydrogens (tertiary/aromatic N) is 2. The van der Waals surface area contributed by atoms with Crippen molar-refractivity contribution < 1.29 is 14.3 Å². The van der Waals surface area contributed by atoms with E-state index in [1.165, 1.54) is 0 Å². The summed E-state index contributed by atoms with van der Waals surface area (Å²) in [6, 6.07) is 10.0. The van der Waals surface area contributed by atoms with Crippen molar-refractivity contribution in [2.24, 2.45) is 0 Å². The van der Waals surface area contributed by atoms with E-state index in [1.807, 2.05) is 30.3 Å². The molecule has 1 aromatic heterocycles. The third-order valence-electron chi connectivity index (χ3n) is 4.33. The van der Waals surface area contributed by atoms with Crippen LogP contribution < -0.4 is 14.8 Å². The third-order valence-corrected chi connectivity index (χ3v) is 4.33. The van der Waals surface area contributed by atoms with Crippen molar-refractivity contribution in [1.29, 1.82) is 0 Å². The van der Waals surface area contributed by atoms with E-state index in [0.29, 0.717) is 18.2 Å². The molecule has 0 bridgehead atoms. The molecule has 0 atom stereocenters. The maximum absolute atomic E-state index is 12.1. The van der Waals surface area contributed by atoms with Crippen molar-refractivity contribution in [3.63, 3.8) is 0 Å². The number of rotatable bonds is 6. The van der Waals surface area contributed by atoms with E-state index in [0.717, 1.165) is 31.2 Å². The molecule has 132 valence electrons. The van der Waals surface area contributed by atoms with Crippen LogP contribution in [0.5, 0.6) is 11.8 Å². The molecule has 0 unspecified atom stereocenters. The SMILES string of the molecule is COc1cncc(OC2CCC(NC(=O)Cc3ccccc3)CC2)n1. The molecule has 1 amide bonds. The molecule has 0 saturated heterocycles. The van der Waals surface area contributed by atoms with Crippen molar-refractivity contribution in [3.05, 3.63) is 48.3 Å². The van der Waals surface area contributed by atoms with Gasteiger partial charge < -0.3 is 14.8 Å². The van der Waals surface area contributed by atoms with E-state index in [9.17, 15) is 4.79 Å². The van der Waals surface area contributed by atoms with Gasteiger partial charge in [-0.2, -0.15) is 4.98 Å². The Morgan fingerprint density at radius 3 is 2.56 bits per heavy atom. The maximum Gasteiger partial charge on any atom is 0.235 e. The molecule has 1 N–H and O–H groups in total. The van der Waals surface area contributed by atoms with Crippen molar-refractivity contribution >= 4 is 5.91 Å². The van der Waals surface area contributed by atoms with E-state index in [-0.39, 0.29) is 18.1 Å². The molecule has 0 aliphatic heterocycles. The minimum atomic E-state index is 0.0780. The summed E-state index contributed by atoms with van der Waals surface area (Å²) in [6.45, 7) is 0. The molecular formula is C19H23N3O3. The van der Waals surface area contributed by atoms with Gasteiger partial charge in [0.25, 0.3) is 0 Å². The third kappa shape index (κ3) is 5.17. The summed E-state index contributed by atoms with van der Waals surface area (Å²) in [5.74, 6) is 1.00. The number of carbonyl (C=O) groups excluding carboxylic acids is 1. The fraction of sp³-hybridized carbons (Fsp3) is 0.421. The van der Waals surface area contributed by atoms with Gasteiger partial charge in [0.15, 0.2) is 0 Å². The first kappa shape index (κ1) is 17.2. The van der Waals surface area contributed by atoms with E-state index in [2.05, 4.69) is 15.3 Å². The minimum Gasteiger partial charge on any atom is -0.480 e. The minimum absolute atomic E-state index is 0.0780. The zero-order valence-corrected chi connectivity index (χ0v) is 14.4. The number of amides is 1. The van der Waals surface area contributed by atoms with Crippen molar-refractivity contribution in [2.45, 2.75) is 44.2 Å². The highest BCUT2D eigenvalue weighted by molar-refractivity contribution is 5.78. The zero-order valence-electron chi connectivity index (χ0n) is 14.4. The molecule has 3 rings (SSSR count). The number of aromatic nitrogens is 2. The van der Waals surface area contributed by atoms with Gasteiger partial charge in [-0.05, 0) is 31.2 Å². The quantitative estimate of drug-likeness (QED) is 0.874. The molecule has 25 heavy (non-hydrogen) atoms. The first-order valence-corrected chi connectivity index (χ1v) is 8.59. The number of nitrogens with one attached hydrogen (secondary N) is 1. The molecule has 0 radical (unpaired) electrons. The van der Waals surface area contributed by atoms with E-state index < -0.39 is 0 Å². The molecule has 1 aromatic carbocycles. The van der Waals surface area contributed by atoms with E-state index in [4.69, 9.17) is 9.47 Å². The highest BCUT2D eigenvalue weighted by atomic mass is 16.5. The van der Waals surface area contributed by atoms with Crippen LogP contribution in [0.1, 0.15) is 31.2 Å². The summed E-state index contributed by atoms with van der Waals surface area (Å²) in [6.07, 6.45) is 7.25. The second-order valence-electron chi connectivity index (χ2n) is 6.22. The lowest BCUT2D eigenvalue weighted by molar-refractivity contribution is -0.121. The lowest BCUT2D eigenvalue weighted by atomic mass is 9.92. The van der Waals surface area contributed by atoms with Crippen molar-refractivity contribution in [3.8, 4) is 11.8 Å². The molecule has 1 aliphatic carbocycles. The second kappa shape index (κ2) is 8.46. The van der Waals surface area contributed by atoms with Crippen LogP contribution >= 0.6 is 0 Å². The van der Waals surface area contributed by atoms with Gasteiger partial charge in [0, 0.05) is 6.04 Å². The van der Waals surface area contributed by atoms with Gasteiger partial charge in [-0.1, -0.05) is 30.3 Å². The number of ether oxygens (including phenoxy) is 2. The van der Waals surface area contributed by atoms with E-state index >= 15 is 0 Å². The smallest absolute Gasteiger partial charge is 0.235 e. The molecule has 2 aromatic rings. The van der Waals surface area contributed by atoms with Crippen LogP contribution in [0.3, 0.4) is 0 Å². The maximum atomic E-state index is 12.1. The lowest BCUT2D eigenvalue weighted by Gasteiger charge is -2.29. The summed E-state index contributed by atoms with van der Waals surface area (Å²) in [5, 5.41) is 3.13. The predicted molar refractivity (Wildman–Crippen MR) is 93.5 cm³/mol. The number of hydrogen-bond acceptors (Lipinski definition) is 5. The molecule has 0 spiro atoms. The molecule has 6 nitrogen and oxygen atoms in total. The van der Waals surface area contributed by atoms with Gasteiger partial charge in [0.2, 0.25) is 17.7 Å². The Hall–Kier alpha value is -2.63. The van der Waals surface area contributed by atoms with Gasteiger partial charge in [0.05, 0.1) is 25.9 Å². The van der Waals surface area contributed by atoms with Crippen molar-refractivity contribution in [1.82, 2.24) is 15.3 Å². The Bertz CT molecular complexity index is 685. The number of methoxy groups -OCH3 is 1. The van der Waals surface area contributed by atoms with Crippen LogP contribution in [0.25, 0.3) is 0 Å². The second-order valence-corrected chi connectivity index (χ2v) is 6.22. The molecule has 1 heterocycles. The highest BCUT2D eigenvalue weighted by Crippen LogP contribution is 2.23. The summed E-state index contributed by atoms with van der Waals surface area (Å²) in [5.41, 5.74) is 1.04. The Labute approximate surface area is 147 Å². The average molecular weight is 341 g/mol. The topological polar surface area (TPSA) is 73.3 Å². The molecule has 1 fully saturated rings. The largest absolute Gasteiger partial charge is 0.480 e.